The van der Waals surface area contributed by atoms with Crippen molar-refractivity contribution in [2.75, 3.05) is 49.1 Å². The predicted octanol–water partition coefficient (Wildman–Crippen LogP) is 0.682. The molecular weight excluding hydrogens is 375 g/mol. The quantitative estimate of drug-likeness (QED) is 0.644. The van der Waals surface area contributed by atoms with Crippen LogP contribution in [0.25, 0.3) is 11.2 Å². The van der Waals surface area contributed by atoms with Crippen molar-refractivity contribution in [1.82, 2.24) is 29.9 Å². The Hall–Kier alpha value is -3.30. The zero-order valence-corrected chi connectivity index (χ0v) is 16.1. The van der Waals surface area contributed by atoms with E-state index in [1.807, 2.05) is 4.90 Å². The fourth-order valence-corrected chi connectivity index (χ4v) is 3.98. The van der Waals surface area contributed by atoms with E-state index in [1.165, 1.54) is 18.5 Å². The fourth-order valence-electron chi connectivity index (χ4n) is 3.98. The molecule has 3 aromatic rings. The first-order valence-electron chi connectivity index (χ1n) is 9.65. The Kier molecular flexibility index (Phi) is 4.26. The van der Waals surface area contributed by atoms with Gasteiger partial charge in [-0.25, -0.2) is 19.0 Å². The Bertz CT molecular complexity index is 1040. The number of carbonyl (C=O) groups excluding carboxylic acids is 1. The smallest absolute Gasteiger partial charge is 0.229 e. The van der Waals surface area contributed by atoms with Gasteiger partial charge in [-0.2, -0.15) is 0 Å². The van der Waals surface area contributed by atoms with Crippen molar-refractivity contribution in [3.05, 3.63) is 36.4 Å². The van der Waals surface area contributed by atoms with Gasteiger partial charge in [0, 0.05) is 52.0 Å². The minimum atomic E-state index is -0.237. The number of piperazine rings is 1. The third-order valence-corrected chi connectivity index (χ3v) is 5.68. The Morgan fingerprint density at radius 3 is 2.48 bits per heavy atom. The molecule has 10 heteroatoms. The summed E-state index contributed by atoms with van der Waals surface area (Å²) >= 11 is 0. The molecule has 2 aliphatic heterocycles. The van der Waals surface area contributed by atoms with Crippen LogP contribution in [0.4, 0.5) is 15.9 Å². The summed E-state index contributed by atoms with van der Waals surface area (Å²) < 4.78 is 14.7. The summed E-state index contributed by atoms with van der Waals surface area (Å²) in [7, 11) is 1.79. The molecule has 0 unspecified atom stereocenters. The number of aromatic nitrogens is 5. The number of fused-ring (bicyclic) bond motifs is 1. The van der Waals surface area contributed by atoms with E-state index in [0.29, 0.717) is 37.3 Å². The Balaban J connectivity index is 1.18. The molecule has 1 amide bonds. The van der Waals surface area contributed by atoms with Crippen molar-refractivity contribution in [2.45, 2.75) is 0 Å². The molecule has 9 nitrogen and oxygen atoms in total. The SMILES string of the molecule is Cn1nnc2c(N3CC(C(=O)N4CCN(c5ccc(F)cc5)CC4)C3)ncnc21. The van der Waals surface area contributed by atoms with Gasteiger partial charge < -0.3 is 14.7 Å². The number of amides is 1. The maximum atomic E-state index is 13.1. The fraction of sp³-hybridized carbons (Fsp3) is 0.421. The number of benzene rings is 1. The number of halogens is 1. The maximum absolute atomic E-state index is 13.1. The summed E-state index contributed by atoms with van der Waals surface area (Å²) in [5, 5.41) is 8.14. The highest BCUT2D eigenvalue weighted by atomic mass is 19.1. The first kappa shape index (κ1) is 17.8. The van der Waals surface area contributed by atoms with Crippen LogP contribution in [0.2, 0.25) is 0 Å². The van der Waals surface area contributed by atoms with Gasteiger partial charge in [0.25, 0.3) is 0 Å². The lowest BCUT2D eigenvalue weighted by Gasteiger charge is -2.43. The molecule has 2 aromatic heterocycles. The van der Waals surface area contributed by atoms with E-state index >= 15 is 0 Å². The van der Waals surface area contributed by atoms with E-state index in [4.69, 9.17) is 0 Å². The van der Waals surface area contributed by atoms with E-state index in [0.717, 1.165) is 24.6 Å². The van der Waals surface area contributed by atoms with Gasteiger partial charge in [0.15, 0.2) is 17.0 Å². The summed E-state index contributed by atoms with van der Waals surface area (Å²) in [5.74, 6) is 0.645. The van der Waals surface area contributed by atoms with Gasteiger partial charge in [0.2, 0.25) is 5.91 Å². The number of anilines is 2. The molecule has 2 fully saturated rings. The monoisotopic (exact) mass is 396 g/mol. The van der Waals surface area contributed by atoms with Crippen molar-refractivity contribution in [1.29, 1.82) is 0 Å². The van der Waals surface area contributed by atoms with Gasteiger partial charge in [-0.05, 0) is 24.3 Å². The van der Waals surface area contributed by atoms with E-state index in [9.17, 15) is 9.18 Å². The van der Waals surface area contributed by atoms with Crippen molar-refractivity contribution < 1.29 is 9.18 Å². The van der Waals surface area contributed by atoms with Gasteiger partial charge in [-0.1, -0.05) is 5.21 Å². The van der Waals surface area contributed by atoms with Crippen LogP contribution >= 0.6 is 0 Å². The lowest BCUT2D eigenvalue weighted by molar-refractivity contribution is -0.136. The second-order valence-corrected chi connectivity index (χ2v) is 7.47. The van der Waals surface area contributed by atoms with Crippen LogP contribution in [0, 0.1) is 11.7 Å². The van der Waals surface area contributed by atoms with E-state index in [-0.39, 0.29) is 17.6 Å². The van der Waals surface area contributed by atoms with E-state index in [1.54, 1.807) is 23.9 Å². The first-order valence-corrected chi connectivity index (χ1v) is 9.65. The third kappa shape index (κ3) is 3.14. The average Bonchev–Trinajstić information content (AvgIpc) is 3.09. The van der Waals surface area contributed by atoms with Crippen LogP contribution in [0.1, 0.15) is 0 Å². The summed E-state index contributed by atoms with van der Waals surface area (Å²) in [6.07, 6.45) is 1.50. The largest absolute Gasteiger partial charge is 0.368 e. The minimum Gasteiger partial charge on any atom is -0.368 e. The molecule has 0 atom stereocenters. The number of nitrogens with zero attached hydrogens (tertiary/aromatic N) is 8. The van der Waals surface area contributed by atoms with Gasteiger partial charge >= 0.3 is 0 Å². The summed E-state index contributed by atoms with van der Waals surface area (Å²) in [6, 6.07) is 6.51. The van der Waals surface area contributed by atoms with Gasteiger partial charge in [0.05, 0.1) is 5.92 Å². The molecule has 4 heterocycles. The van der Waals surface area contributed by atoms with E-state index < -0.39 is 0 Å². The highest BCUT2D eigenvalue weighted by Gasteiger charge is 2.38. The number of carbonyl (C=O) groups is 1. The Morgan fingerprint density at radius 1 is 1.03 bits per heavy atom. The molecule has 29 heavy (non-hydrogen) atoms. The zero-order valence-electron chi connectivity index (χ0n) is 16.1. The van der Waals surface area contributed by atoms with Crippen LogP contribution in [0.5, 0.6) is 0 Å². The molecule has 0 bridgehead atoms. The van der Waals surface area contributed by atoms with Crippen LogP contribution in [-0.4, -0.2) is 75.0 Å². The van der Waals surface area contributed by atoms with Gasteiger partial charge in [0.1, 0.15) is 12.1 Å². The highest BCUT2D eigenvalue weighted by Crippen LogP contribution is 2.28. The predicted molar refractivity (Wildman–Crippen MR) is 105 cm³/mol. The molecule has 150 valence electrons. The number of rotatable bonds is 3. The molecule has 2 aliphatic rings. The lowest BCUT2D eigenvalue weighted by Crippen LogP contribution is -2.58. The van der Waals surface area contributed by atoms with Gasteiger partial charge in [-0.3, -0.25) is 4.79 Å². The topological polar surface area (TPSA) is 83.3 Å². The summed E-state index contributed by atoms with van der Waals surface area (Å²) in [4.78, 5) is 27.6. The molecule has 5 rings (SSSR count). The molecular formula is C19H21FN8O. The van der Waals surface area contributed by atoms with Crippen LogP contribution in [-0.2, 0) is 11.8 Å². The second-order valence-electron chi connectivity index (χ2n) is 7.47. The first-order chi connectivity index (χ1) is 14.1. The molecule has 0 aliphatic carbocycles. The maximum Gasteiger partial charge on any atom is 0.229 e. The van der Waals surface area contributed by atoms with Crippen molar-refractivity contribution >= 4 is 28.6 Å². The van der Waals surface area contributed by atoms with Crippen molar-refractivity contribution in [3.63, 3.8) is 0 Å². The minimum absolute atomic E-state index is 0.0333. The standard InChI is InChI=1S/C19H21FN8O/c1-25-17-16(23-24-25)18(22-12-21-17)28-10-13(11-28)19(29)27-8-6-26(7-9-27)15-4-2-14(20)3-5-15/h2-5,12-13H,6-11H2,1H3. The van der Waals surface area contributed by atoms with Crippen molar-refractivity contribution in [3.8, 4) is 0 Å². The number of hydrogen-bond donors (Lipinski definition) is 0. The lowest BCUT2D eigenvalue weighted by atomic mass is 9.98. The summed E-state index contributed by atoms with van der Waals surface area (Å²) in [6.45, 7) is 4.10. The Labute approximate surface area is 166 Å². The highest BCUT2D eigenvalue weighted by molar-refractivity contribution is 5.86. The van der Waals surface area contributed by atoms with Crippen LogP contribution in [0.3, 0.4) is 0 Å². The molecule has 0 saturated carbocycles. The molecule has 2 saturated heterocycles. The van der Waals surface area contributed by atoms with Gasteiger partial charge in [-0.15, -0.1) is 5.10 Å². The average molecular weight is 396 g/mol. The normalized spacial score (nSPS) is 17.7. The summed E-state index contributed by atoms with van der Waals surface area (Å²) in [5.41, 5.74) is 2.33. The van der Waals surface area contributed by atoms with Crippen LogP contribution in [0.15, 0.2) is 30.6 Å². The zero-order chi connectivity index (χ0) is 20.0. The van der Waals surface area contributed by atoms with Crippen LogP contribution < -0.4 is 9.80 Å². The molecule has 0 spiro atoms. The third-order valence-electron chi connectivity index (χ3n) is 5.68. The number of hydrogen-bond acceptors (Lipinski definition) is 7. The van der Waals surface area contributed by atoms with Crippen molar-refractivity contribution in [2.24, 2.45) is 13.0 Å². The molecule has 1 aromatic carbocycles. The van der Waals surface area contributed by atoms with E-state index in [2.05, 4.69) is 30.1 Å². The second kappa shape index (κ2) is 6.94. The molecule has 0 radical (unpaired) electrons. The Morgan fingerprint density at radius 2 is 1.76 bits per heavy atom. The number of aryl methyl sites for hydroxylation is 1. The molecule has 0 N–H and O–H groups in total.